The number of nitrogens with zero attached hydrogens (tertiary/aromatic N) is 1. The van der Waals surface area contributed by atoms with E-state index in [1.165, 1.54) is 24.1 Å². The summed E-state index contributed by atoms with van der Waals surface area (Å²) in [6, 6.07) is 3.68. The molecule has 0 aromatic heterocycles. The molecule has 118 valence electrons. The number of likely N-dealkylation sites (N-methyl/N-ethyl adjacent to an activating group) is 1. The number of rotatable bonds is 3. The number of benzene rings is 1. The minimum Gasteiger partial charge on any atom is -0.399 e. The van der Waals surface area contributed by atoms with Crippen LogP contribution in [-0.2, 0) is 10.9 Å². The second-order valence-corrected chi connectivity index (χ2v) is 5.47. The Morgan fingerprint density at radius 3 is 2.52 bits per heavy atom. The van der Waals surface area contributed by atoms with Crippen molar-refractivity contribution >= 4 is 11.4 Å². The van der Waals surface area contributed by atoms with E-state index in [-0.39, 0.29) is 17.9 Å². The van der Waals surface area contributed by atoms with Gasteiger partial charge >= 0.3 is 6.18 Å². The fourth-order valence-electron chi connectivity index (χ4n) is 2.55. The summed E-state index contributed by atoms with van der Waals surface area (Å²) in [6.45, 7) is 0.944. The molecule has 0 spiro atoms. The standard InChI is InChI=1S/C14H19F3N2O2/c1-19(9-13(20)4-6-21-7-5-13)12-3-2-10(18)8-11(12)14(15,16)17/h2-3,8,20H,4-7,9,18H2,1H3. The van der Waals surface area contributed by atoms with Crippen LogP contribution in [-0.4, -0.2) is 37.5 Å². The molecule has 3 N–H and O–H groups in total. The molecule has 0 radical (unpaired) electrons. The quantitative estimate of drug-likeness (QED) is 0.841. The number of anilines is 2. The van der Waals surface area contributed by atoms with Gasteiger partial charge < -0.3 is 20.5 Å². The number of alkyl halides is 3. The average Bonchev–Trinajstić information content (AvgIpc) is 2.37. The molecule has 1 fully saturated rings. The molecule has 21 heavy (non-hydrogen) atoms. The minimum absolute atomic E-state index is 0.0108. The second-order valence-electron chi connectivity index (χ2n) is 5.47. The van der Waals surface area contributed by atoms with Gasteiger partial charge in [0.2, 0.25) is 0 Å². The number of nitrogens with two attached hydrogens (primary N) is 1. The van der Waals surface area contributed by atoms with E-state index < -0.39 is 17.3 Å². The van der Waals surface area contributed by atoms with E-state index in [0.717, 1.165) is 6.07 Å². The van der Waals surface area contributed by atoms with Crippen LogP contribution in [0, 0.1) is 0 Å². The molecule has 1 heterocycles. The highest BCUT2D eigenvalue weighted by Gasteiger charge is 2.37. The number of nitrogen functional groups attached to an aromatic ring is 1. The predicted octanol–water partition coefficient (Wildman–Crippen LogP) is 2.27. The lowest BCUT2D eigenvalue weighted by Gasteiger charge is -2.37. The molecule has 0 amide bonds. The first-order valence-electron chi connectivity index (χ1n) is 6.69. The van der Waals surface area contributed by atoms with Crippen molar-refractivity contribution in [3.8, 4) is 0 Å². The molecule has 1 aromatic carbocycles. The van der Waals surface area contributed by atoms with E-state index in [1.807, 2.05) is 0 Å². The van der Waals surface area contributed by atoms with Crippen LogP contribution in [0.5, 0.6) is 0 Å². The van der Waals surface area contributed by atoms with Crippen LogP contribution in [0.2, 0.25) is 0 Å². The van der Waals surface area contributed by atoms with Crippen LogP contribution in [0.3, 0.4) is 0 Å². The van der Waals surface area contributed by atoms with Crippen LogP contribution >= 0.6 is 0 Å². The Kier molecular flexibility index (Phi) is 4.34. The third-order valence-corrected chi connectivity index (χ3v) is 3.69. The van der Waals surface area contributed by atoms with E-state index in [4.69, 9.17) is 10.5 Å². The normalized spacial score (nSPS) is 18.5. The molecular formula is C14H19F3N2O2. The summed E-state index contributed by atoms with van der Waals surface area (Å²) in [7, 11) is 1.54. The minimum atomic E-state index is -4.49. The maximum absolute atomic E-state index is 13.1. The Balaban J connectivity index is 2.24. The van der Waals surface area contributed by atoms with Gasteiger partial charge in [-0.2, -0.15) is 13.2 Å². The number of aliphatic hydroxyl groups is 1. The van der Waals surface area contributed by atoms with Crippen LogP contribution in [0.25, 0.3) is 0 Å². The first-order chi connectivity index (χ1) is 9.71. The highest BCUT2D eigenvalue weighted by atomic mass is 19.4. The third-order valence-electron chi connectivity index (χ3n) is 3.69. The number of ether oxygens (including phenoxy) is 1. The van der Waals surface area contributed by atoms with Crippen molar-refractivity contribution in [1.82, 2.24) is 0 Å². The summed E-state index contributed by atoms with van der Waals surface area (Å²) in [5, 5.41) is 10.4. The van der Waals surface area contributed by atoms with E-state index in [1.54, 1.807) is 0 Å². The Morgan fingerprint density at radius 1 is 1.33 bits per heavy atom. The van der Waals surface area contributed by atoms with E-state index in [2.05, 4.69) is 0 Å². The van der Waals surface area contributed by atoms with Crippen molar-refractivity contribution in [2.75, 3.05) is 37.4 Å². The van der Waals surface area contributed by atoms with Gasteiger partial charge in [-0.3, -0.25) is 0 Å². The van der Waals surface area contributed by atoms with Gasteiger partial charge in [0.05, 0.1) is 11.2 Å². The average molecular weight is 304 g/mol. The molecule has 1 aliphatic heterocycles. The molecule has 1 aliphatic rings. The summed E-state index contributed by atoms with van der Waals surface area (Å²) in [4.78, 5) is 1.42. The summed E-state index contributed by atoms with van der Waals surface area (Å²) in [6.07, 6.45) is -3.67. The maximum Gasteiger partial charge on any atom is 0.418 e. The number of halogens is 3. The van der Waals surface area contributed by atoms with Crippen molar-refractivity contribution < 1.29 is 23.0 Å². The summed E-state index contributed by atoms with van der Waals surface area (Å²) >= 11 is 0. The largest absolute Gasteiger partial charge is 0.418 e. The van der Waals surface area contributed by atoms with Crippen LogP contribution in [0.4, 0.5) is 24.5 Å². The highest BCUT2D eigenvalue weighted by molar-refractivity contribution is 5.60. The van der Waals surface area contributed by atoms with Gasteiger partial charge in [-0.1, -0.05) is 0 Å². The zero-order valence-corrected chi connectivity index (χ0v) is 11.8. The van der Waals surface area contributed by atoms with Crippen molar-refractivity contribution in [3.05, 3.63) is 23.8 Å². The summed E-state index contributed by atoms with van der Waals surface area (Å²) < 4.78 is 44.5. The highest BCUT2D eigenvalue weighted by Crippen LogP contribution is 2.38. The summed E-state index contributed by atoms with van der Waals surface area (Å²) in [5.41, 5.74) is 3.70. The van der Waals surface area contributed by atoms with Crippen molar-refractivity contribution in [3.63, 3.8) is 0 Å². The van der Waals surface area contributed by atoms with Crippen LogP contribution in [0.1, 0.15) is 18.4 Å². The SMILES string of the molecule is CN(CC1(O)CCOCC1)c1ccc(N)cc1C(F)(F)F. The molecule has 0 bridgehead atoms. The Bertz CT molecular complexity index is 499. The molecule has 0 saturated carbocycles. The van der Waals surface area contributed by atoms with E-state index in [0.29, 0.717) is 26.1 Å². The Morgan fingerprint density at radius 2 is 1.95 bits per heavy atom. The van der Waals surface area contributed by atoms with Gasteiger partial charge in [-0.25, -0.2) is 0 Å². The van der Waals surface area contributed by atoms with Crippen LogP contribution in [0.15, 0.2) is 18.2 Å². The molecule has 7 heteroatoms. The zero-order valence-electron chi connectivity index (χ0n) is 11.8. The summed E-state index contributed by atoms with van der Waals surface area (Å²) in [5.74, 6) is 0. The Hall–Kier alpha value is -1.47. The topological polar surface area (TPSA) is 58.7 Å². The number of hydrogen-bond donors (Lipinski definition) is 2. The lowest BCUT2D eigenvalue weighted by Crippen LogP contribution is -2.46. The van der Waals surface area contributed by atoms with Gasteiger partial charge in [0.25, 0.3) is 0 Å². The molecule has 4 nitrogen and oxygen atoms in total. The molecule has 0 unspecified atom stereocenters. The Labute approximate surface area is 121 Å². The first-order valence-corrected chi connectivity index (χ1v) is 6.69. The molecule has 1 saturated heterocycles. The predicted molar refractivity (Wildman–Crippen MR) is 74.1 cm³/mol. The third kappa shape index (κ3) is 3.79. The molecule has 1 aromatic rings. The van der Waals surface area contributed by atoms with Crippen molar-refractivity contribution in [2.24, 2.45) is 0 Å². The van der Waals surface area contributed by atoms with Crippen molar-refractivity contribution in [2.45, 2.75) is 24.6 Å². The molecule has 0 aliphatic carbocycles. The van der Waals surface area contributed by atoms with Gasteiger partial charge in [0.15, 0.2) is 0 Å². The zero-order chi connectivity index (χ0) is 15.7. The van der Waals surface area contributed by atoms with E-state index >= 15 is 0 Å². The molecular weight excluding hydrogens is 285 g/mol. The molecule has 0 atom stereocenters. The second kappa shape index (κ2) is 5.73. The lowest BCUT2D eigenvalue weighted by molar-refractivity contribution is -0.137. The fourth-order valence-corrected chi connectivity index (χ4v) is 2.55. The van der Waals surface area contributed by atoms with Gasteiger partial charge in [-0.05, 0) is 18.2 Å². The number of hydrogen-bond acceptors (Lipinski definition) is 4. The first kappa shape index (κ1) is 15.9. The smallest absolute Gasteiger partial charge is 0.399 e. The monoisotopic (exact) mass is 304 g/mol. The molecule has 2 rings (SSSR count). The maximum atomic E-state index is 13.1. The lowest BCUT2D eigenvalue weighted by atomic mass is 9.93. The van der Waals surface area contributed by atoms with Crippen LogP contribution < -0.4 is 10.6 Å². The van der Waals surface area contributed by atoms with E-state index in [9.17, 15) is 18.3 Å². The van der Waals surface area contributed by atoms with Crippen molar-refractivity contribution in [1.29, 1.82) is 0 Å². The van der Waals surface area contributed by atoms with Gasteiger partial charge in [0.1, 0.15) is 0 Å². The van der Waals surface area contributed by atoms with Gasteiger partial charge in [-0.15, -0.1) is 0 Å². The van der Waals surface area contributed by atoms with Gasteiger partial charge in [0, 0.05) is 51.0 Å². The fraction of sp³-hybridized carbons (Fsp3) is 0.571.